The molecule has 0 amide bonds. The Balaban J connectivity index is 1.30. The average molecular weight is 480 g/mol. The second-order valence-electron chi connectivity index (χ2n) is 10.3. The minimum Gasteiger partial charge on any atom is -0.306 e. The van der Waals surface area contributed by atoms with E-state index in [-0.39, 0.29) is 16.6 Å². The molecule has 3 aromatic rings. The van der Waals surface area contributed by atoms with Crippen LogP contribution in [0.5, 0.6) is 0 Å². The highest BCUT2D eigenvalue weighted by Crippen LogP contribution is 2.53. The van der Waals surface area contributed by atoms with Crippen LogP contribution in [0.2, 0.25) is 0 Å². The lowest BCUT2D eigenvalue weighted by molar-refractivity contribution is 0.223. The van der Waals surface area contributed by atoms with Gasteiger partial charge in [-0.05, 0) is 91.8 Å². The predicted molar refractivity (Wildman–Crippen MR) is 131 cm³/mol. The first-order chi connectivity index (χ1) is 16.4. The Morgan fingerprint density at radius 2 is 1.82 bits per heavy atom. The molecule has 2 aromatic carbocycles. The molecular weight excluding hydrogens is 449 g/mol. The monoisotopic (exact) mass is 479 g/mol. The Morgan fingerprint density at radius 3 is 2.56 bits per heavy atom. The molecule has 1 aliphatic heterocycles. The van der Waals surface area contributed by atoms with Gasteiger partial charge in [-0.25, -0.2) is 22.5 Å². The van der Waals surface area contributed by atoms with Crippen molar-refractivity contribution in [3.63, 3.8) is 0 Å². The number of benzene rings is 2. The quantitative estimate of drug-likeness (QED) is 0.571. The summed E-state index contributed by atoms with van der Waals surface area (Å²) in [6.45, 7) is 2.07. The molecule has 1 aromatic heterocycles. The molecule has 5 nitrogen and oxygen atoms in total. The van der Waals surface area contributed by atoms with Crippen LogP contribution in [-0.4, -0.2) is 28.8 Å². The van der Waals surface area contributed by atoms with Crippen molar-refractivity contribution in [1.82, 2.24) is 14.3 Å². The summed E-state index contributed by atoms with van der Waals surface area (Å²) in [4.78, 5) is 4.60. The Bertz CT molecular complexity index is 1330. The summed E-state index contributed by atoms with van der Waals surface area (Å²) in [6, 6.07) is 13.0. The van der Waals surface area contributed by atoms with Gasteiger partial charge in [-0.3, -0.25) is 0 Å². The highest BCUT2D eigenvalue weighted by Gasteiger charge is 2.59. The molecule has 2 fully saturated rings. The molecule has 178 valence electrons. The molecular formula is C27H30FN3O2S. The third kappa shape index (κ3) is 3.52. The summed E-state index contributed by atoms with van der Waals surface area (Å²) >= 11 is 0. The van der Waals surface area contributed by atoms with Crippen molar-refractivity contribution in [3.8, 4) is 16.9 Å². The van der Waals surface area contributed by atoms with Gasteiger partial charge in [-0.2, -0.15) is 0 Å². The van der Waals surface area contributed by atoms with Crippen LogP contribution in [0.3, 0.4) is 0 Å². The van der Waals surface area contributed by atoms with Gasteiger partial charge in [0.1, 0.15) is 5.82 Å². The fraction of sp³-hybridized carbons (Fsp3) is 0.444. The number of hydrogen-bond acceptors (Lipinski definition) is 3. The third-order valence-corrected chi connectivity index (χ3v) is 10.4. The SMILES string of the molecule is CCCC1C[C@]2(NS1(=O)=O)C1CC[C@@H]2Cc2ccc(-c3cn(-c4ccc(F)cc4)cn3)cc2C1. The van der Waals surface area contributed by atoms with Gasteiger partial charge in [0.05, 0.1) is 17.3 Å². The third-order valence-electron chi connectivity index (χ3n) is 8.41. The van der Waals surface area contributed by atoms with E-state index >= 15 is 0 Å². The van der Waals surface area contributed by atoms with Crippen molar-refractivity contribution >= 4 is 10.0 Å². The topological polar surface area (TPSA) is 64.0 Å². The second kappa shape index (κ2) is 8.02. The molecule has 1 saturated heterocycles. The van der Waals surface area contributed by atoms with Crippen LogP contribution in [-0.2, 0) is 22.9 Å². The molecule has 34 heavy (non-hydrogen) atoms. The number of hydrogen-bond donors (Lipinski definition) is 1. The number of nitrogens with one attached hydrogen (secondary N) is 1. The van der Waals surface area contributed by atoms with Crippen LogP contribution in [0.1, 0.15) is 50.2 Å². The van der Waals surface area contributed by atoms with Gasteiger partial charge < -0.3 is 4.57 Å². The minimum atomic E-state index is -3.25. The van der Waals surface area contributed by atoms with Crippen molar-refractivity contribution in [1.29, 1.82) is 0 Å². The van der Waals surface area contributed by atoms with Gasteiger partial charge in [-0.1, -0.05) is 25.5 Å². The van der Waals surface area contributed by atoms with Crippen molar-refractivity contribution in [2.45, 2.75) is 62.7 Å². The number of imidazole rings is 1. The molecule has 2 heterocycles. The lowest BCUT2D eigenvalue weighted by atomic mass is 9.76. The summed E-state index contributed by atoms with van der Waals surface area (Å²) in [7, 11) is -3.25. The highest BCUT2D eigenvalue weighted by atomic mass is 32.2. The van der Waals surface area contributed by atoms with E-state index in [0.717, 1.165) is 61.9 Å². The molecule has 6 rings (SSSR count). The largest absolute Gasteiger partial charge is 0.306 e. The van der Waals surface area contributed by atoms with Crippen LogP contribution in [0.15, 0.2) is 55.0 Å². The smallest absolute Gasteiger partial charge is 0.215 e. The van der Waals surface area contributed by atoms with E-state index in [1.54, 1.807) is 18.5 Å². The van der Waals surface area contributed by atoms with E-state index in [4.69, 9.17) is 0 Å². The zero-order valence-corrected chi connectivity index (χ0v) is 20.2. The van der Waals surface area contributed by atoms with E-state index in [2.05, 4.69) is 34.8 Å². The van der Waals surface area contributed by atoms with Crippen LogP contribution in [0.25, 0.3) is 16.9 Å². The number of fused-ring (bicyclic) bond motifs is 1. The summed E-state index contributed by atoms with van der Waals surface area (Å²) < 4.78 is 44.3. The maximum atomic E-state index is 13.3. The molecule has 7 heteroatoms. The molecule has 1 spiro atoms. The van der Waals surface area contributed by atoms with Crippen molar-refractivity contribution in [2.24, 2.45) is 11.8 Å². The molecule has 3 aliphatic rings. The molecule has 4 atom stereocenters. The number of halogens is 1. The lowest BCUT2D eigenvalue weighted by Crippen LogP contribution is -2.50. The van der Waals surface area contributed by atoms with Gasteiger partial charge in [0.2, 0.25) is 10.0 Å². The van der Waals surface area contributed by atoms with E-state index in [1.165, 1.54) is 23.3 Å². The van der Waals surface area contributed by atoms with Gasteiger partial charge >= 0.3 is 0 Å². The standard InChI is InChI=1S/C27H30FN3O2S/c1-2-3-25-15-27(30-34(25,32)33)21-6-7-22(27)14-20-12-19(5-4-18(20)13-21)26-16-31(17-29-26)24-10-8-23(28)9-11-24/h4-5,8-12,16-17,21-22,25,30H,2-3,6-7,13-15H2,1H3/t21-,22?,25?,27-/m1/s1. The van der Waals surface area contributed by atoms with Crippen LogP contribution >= 0.6 is 0 Å². The average Bonchev–Trinajstić information content (AvgIpc) is 3.45. The minimum absolute atomic E-state index is 0.257. The van der Waals surface area contributed by atoms with Crippen LogP contribution < -0.4 is 4.72 Å². The van der Waals surface area contributed by atoms with Gasteiger partial charge in [0, 0.05) is 23.0 Å². The maximum Gasteiger partial charge on any atom is 0.215 e. The zero-order valence-electron chi connectivity index (χ0n) is 19.4. The molecule has 2 aliphatic carbocycles. The van der Waals surface area contributed by atoms with Crippen LogP contribution in [0.4, 0.5) is 4.39 Å². The predicted octanol–water partition coefficient (Wildman–Crippen LogP) is 5.03. The van der Waals surface area contributed by atoms with Gasteiger partial charge in [-0.15, -0.1) is 0 Å². The molecule has 2 unspecified atom stereocenters. The van der Waals surface area contributed by atoms with Gasteiger partial charge in [0.25, 0.3) is 0 Å². The lowest BCUT2D eigenvalue weighted by Gasteiger charge is -2.34. The number of sulfonamides is 1. The summed E-state index contributed by atoms with van der Waals surface area (Å²) in [5, 5.41) is -0.257. The Labute approximate surface area is 200 Å². The van der Waals surface area contributed by atoms with E-state index in [1.807, 2.05) is 10.8 Å². The number of nitrogens with zero attached hydrogens (tertiary/aromatic N) is 2. The summed E-state index contributed by atoms with van der Waals surface area (Å²) in [5.41, 5.74) is 5.17. The van der Waals surface area contributed by atoms with E-state index in [0.29, 0.717) is 11.8 Å². The maximum absolute atomic E-state index is 13.3. The molecule has 1 saturated carbocycles. The molecule has 2 bridgehead atoms. The summed E-state index contributed by atoms with van der Waals surface area (Å²) in [5.74, 6) is 0.439. The fourth-order valence-corrected chi connectivity index (χ4v) is 8.86. The summed E-state index contributed by atoms with van der Waals surface area (Å²) in [6.07, 6.45) is 10.1. The first-order valence-electron chi connectivity index (χ1n) is 12.3. The first-order valence-corrected chi connectivity index (χ1v) is 13.9. The Hall–Kier alpha value is -2.51. The molecule has 0 radical (unpaired) electrons. The van der Waals surface area contributed by atoms with Crippen molar-refractivity contribution in [3.05, 3.63) is 71.9 Å². The van der Waals surface area contributed by atoms with E-state index < -0.39 is 10.0 Å². The first kappa shape index (κ1) is 22.0. The molecule has 1 N–H and O–H groups in total. The number of rotatable bonds is 4. The van der Waals surface area contributed by atoms with Gasteiger partial charge in [0.15, 0.2) is 0 Å². The Morgan fingerprint density at radius 1 is 1.09 bits per heavy atom. The highest BCUT2D eigenvalue weighted by molar-refractivity contribution is 7.90. The van der Waals surface area contributed by atoms with Crippen molar-refractivity contribution in [2.75, 3.05) is 0 Å². The number of aromatic nitrogens is 2. The second-order valence-corrected chi connectivity index (χ2v) is 12.3. The van der Waals surface area contributed by atoms with E-state index in [9.17, 15) is 12.8 Å². The zero-order chi connectivity index (χ0) is 23.5. The van der Waals surface area contributed by atoms with Crippen LogP contribution in [0, 0.1) is 17.7 Å². The Kier molecular flexibility index (Phi) is 5.19. The van der Waals surface area contributed by atoms with Crippen molar-refractivity contribution < 1.29 is 12.8 Å². The normalized spacial score (nSPS) is 29.3. The fourth-order valence-electron chi connectivity index (χ4n) is 6.71.